The number of sulfonamides is 1. The summed E-state index contributed by atoms with van der Waals surface area (Å²) >= 11 is 0. The molecule has 0 atom stereocenters. The topological polar surface area (TPSA) is 82.9 Å². The SMILES string of the molecule is CNCC1CCN(C(=O)c2cc(S(=O)(=O)N(C)C)oc2C)CC1.Cl. The van der Waals surface area contributed by atoms with Crippen LogP contribution in [0.2, 0.25) is 0 Å². The summed E-state index contributed by atoms with van der Waals surface area (Å²) in [5.41, 5.74) is 0.331. The predicted molar refractivity (Wildman–Crippen MR) is 94.1 cm³/mol. The van der Waals surface area contributed by atoms with Crippen LogP contribution in [0.3, 0.4) is 0 Å². The highest BCUT2D eigenvalue weighted by atomic mass is 35.5. The Morgan fingerprint density at radius 1 is 1.38 bits per heavy atom. The molecule has 0 radical (unpaired) electrons. The quantitative estimate of drug-likeness (QED) is 0.834. The second-order valence-corrected chi connectivity index (χ2v) is 8.20. The van der Waals surface area contributed by atoms with Crippen molar-refractivity contribution < 1.29 is 17.6 Å². The van der Waals surface area contributed by atoms with Gasteiger partial charge in [0.1, 0.15) is 5.76 Å². The average Bonchev–Trinajstić information content (AvgIpc) is 2.90. The number of nitrogens with one attached hydrogen (secondary N) is 1. The smallest absolute Gasteiger partial charge is 0.275 e. The van der Waals surface area contributed by atoms with E-state index < -0.39 is 10.0 Å². The molecule has 1 amide bonds. The summed E-state index contributed by atoms with van der Waals surface area (Å²) in [5.74, 6) is 0.765. The van der Waals surface area contributed by atoms with Crippen molar-refractivity contribution >= 4 is 28.3 Å². The number of furan rings is 1. The fraction of sp³-hybridized carbons (Fsp3) is 0.667. The highest BCUT2D eigenvalue weighted by Crippen LogP contribution is 2.24. The molecule has 0 saturated carbocycles. The summed E-state index contributed by atoms with van der Waals surface area (Å²) in [6.07, 6.45) is 1.90. The minimum Gasteiger partial charge on any atom is -0.448 e. The van der Waals surface area contributed by atoms with Gasteiger partial charge in [-0.05, 0) is 39.3 Å². The molecule has 0 bridgehead atoms. The molecule has 1 aliphatic heterocycles. The number of aryl methyl sites for hydroxylation is 1. The van der Waals surface area contributed by atoms with Crippen molar-refractivity contribution in [3.8, 4) is 0 Å². The Kier molecular flexibility index (Phi) is 7.27. The lowest BCUT2D eigenvalue weighted by Gasteiger charge is -2.31. The first-order valence-electron chi connectivity index (χ1n) is 7.74. The summed E-state index contributed by atoms with van der Waals surface area (Å²) in [4.78, 5) is 14.4. The molecule has 9 heteroatoms. The second-order valence-electron chi connectivity index (χ2n) is 6.12. The molecule has 0 spiro atoms. The van der Waals surface area contributed by atoms with Crippen molar-refractivity contribution in [3.05, 3.63) is 17.4 Å². The van der Waals surface area contributed by atoms with Crippen LogP contribution in [0.4, 0.5) is 0 Å². The zero-order valence-corrected chi connectivity index (χ0v) is 16.2. The minimum atomic E-state index is -3.67. The van der Waals surface area contributed by atoms with Gasteiger partial charge in [-0.25, -0.2) is 12.7 Å². The number of carbonyl (C=O) groups is 1. The molecule has 0 aromatic carbocycles. The molecule has 1 aromatic heterocycles. The molecule has 0 aliphatic carbocycles. The van der Waals surface area contributed by atoms with E-state index in [1.165, 1.54) is 20.2 Å². The number of carbonyl (C=O) groups excluding carboxylic acids is 1. The van der Waals surface area contributed by atoms with Crippen LogP contribution < -0.4 is 5.32 Å². The molecule has 1 saturated heterocycles. The van der Waals surface area contributed by atoms with Crippen molar-refractivity contribution in [1.82, 2.24) is 14.5 Å². The summed E-state index contributed by atoms with van der Waals surface area (Å²) in [5, 5.41) is 2.98. The number of likely N-dealkylation sites (tertiary alicyclic amines) is 1. The van der Waals surface area contributed by atoms with Gasteiger partial charge in [0.15, 0.2) is 0 Å². The third kappa shape index (κ3) is 4.30. The molecule has 2 rings (SSSR count). The first-order valence-corrected chi connectivity index (χ1v) is 9.18. The van der Waals surface area contributed by atoms with Crippen LogP contribution in [0.5, 0.6) is 0 Å². The Morgan fingerprint density at radius 2 is 1.96 bits per heavy atom. The fourth-order valence-electron chi connectivity index (χ4n) is 2.77. The monoisotopic (exact) mass is 379 g/mol. The van der Waals surface area contributed by atoms with Crippen molar-refractivity contribution in [2.24, 2.45) is 5.92 Å². The molecule has 1 N–H and O–H groups in total. The Bertz CT molecular complexity index is 664. The van der Waals surface area contributed by atoms with Gasteiger partial charge < -0.3 is 14.6 Å². The standard InChI is InChI=1S/C15H25N3O4S.ClH/c1-11-13(9-14(22-11)23(20,21)17(3)4)15(19)18-7-5-12(6-8-18)10-16-2;/h9,12,16H,5-8,10H2,1-4H3;1H. The molecular formula is C15H26ClN3O4S. The van der Waals surface area contributed by atoms with Crippen LogP contribution >= 0.6 is 12.4 Å². The van der Waals surface area contributed by atoms with Crippen molar-refractivity contribution in [1.29, 1.82) is 0 Å². The molecule has 1 aliphatic rings. The lowest BCUT2D eigenvalue weighted by atomic mass is 9.96. The van der Waals surface area contributed by atoms with Gasteiger partial charge in [-0.15, -0.1) is 12.4 Å². The third-order valence-electron chi connectivity index (χ3n) is 4.26. The van der Waals surface area contributed by atoms with Crippen LogP contribution in [0.15, 0.2) is 15.6 Å². The van der Waals surface area contributed by atoms with E-state index in [4.69, 9.17) is 4.42 Å². The summed E-state index contributed by atoms with van der Waals surface area (Å²) < 4.78 is 30.6. The van der Waals surface area contributed by atoms with Gasteiger partial charge in [0.2, 0.25) is 5.09 Å². The molecule has 1 fully saturated rings. The van der Waals surface area contributed by atoms with Crippen LogP contribution in [-0.4, -0.2) is 64.3 Å². The molecule has 2 heterocycles. The maximum Gasteiger partial charge on any atom is 0.275 e. The van der Waals surface area contributed by atoms with E-state index >= 15 is 0 Å². The largest absolute Gasteiger partial charge is 0.448 e. The highest BCUT2D eigenvalue weighted by molar-refractivity contribution is 7.88. The molecule has 24 heavy (non-hydrogen) atoms. The van der Waals surface area contributed by atoms with Crippen LogP contribution in [0.1, 0.15) is 29.0 Å². The summed E-state index contributed by atoms with van der Waals surface area (Å²) in [7, 11) is 1.12. The van der Waals surface area contributed by atoms with E-state index in [0.29, 0.717) is 30.3 Å². The number of hydrogen-bond donors (Lipinski definition) is 1. The van der Waals surface area contributed by atoms with E-state index in [1.807, 2.05) is 7.05 Å². The summed E-state index contributed by atoms with van der Waals surface area (Å²) in [6.45, 7) is 3.95. The van der Waals surface area contributed by atoms with Gasteiger partial charge >= 0.3 is 0 Å². The predicted octanol–water partition coefficient (Wildman–Crippen LogP) is 1.33. The number of hydrogen-bond acceptors (Lipinski definition) is 5. The third-order valence-corrected chi connectivity index (χ3v) is 5.93. The van der Waals surface area contributed by atoms with Crippen molar-refractivity contribution in [3.63, 3.8) is 0 Å². The second kappa shape index (κ2) is 8.33. The lowest BCUT2D eigenvalue weighted by Crippen LogP contribution is -2.40. The van der Waals surface area contributed by atoms with Crippen LogP contribution in [0.25, 0.3) is 0 Å². The maximum atomic E-state index is 12.6. The molecule has 138 valence electrons. The van der Waals surface area contributed by atoms with Gasteiger partial charge in [0, 0.05) is 33.3 Å². The minimum absolute atomic E-state index is 0. The summed E-state index contributed by atoms with van der Waals surface area (Å²) in [6, 6.07) is 1.34. The number of amides is 1. The highest BCUT2D eigenvalue weighted by Gasteiger charge is 2.29. The Balaban J connectivity index is 0.00000288. The van der Waals surface area contributed by atoms with E-state index in [-0.39, 0.29) is 23.4 Å². The number of halogens is 1. The van der Waals surface area contributed by atoms with Gasteiger partial charge in [0.05, 0.1) is 5.56 Å². The zero-order chi connectivity index (χ0) is 17.2. The first-order chi connectivity index (χ1) is 10.8. The van der Waals surface area contributed by atoms with Gasteiger partial charge in [0.25, 0.3) is 15.9 Å². The van der Waals surface area contributed by atoms with E-state index in [9.17, 15) is 13.2 Å². The lowest BCUT2D eigenvalue weighted by molar-refractivity contribution is 0.0689. The Morgan fingerprint density at radius 3 is 2.46 bits per heavy atom. The average molecular weight is 380 g/mol. The fourth-order valence-corrected chi connectivity index (χ4v) is 3.63. The maximum absolute atomic E-state index is 12.6. The van der Waals surface area contributed by atoms with Gasteiger partial charge in [-0.2, -0.15) is 0 Å². The molecule has 0 unspecified atom stereocenters. The Labute approximate surface area is 149 Å². The number of piperidine rings is 1. The van der Waals surface area contributed by atoms with E-state index in [0.717, 1.165) is 23.7 Å². The van der Waals surface area contributed by atoms with Gasteiger partial charge in [-0.3, -0.25) is 4.79 Å². The van der Waals surface area contributed by atoms with E-state index in [1.54, 1.807) is 11.8 Å². The molecule has 1 aromatic rings. The number of rotatable bonds is 5. The van der Waals surface area contributed by atoms with Crippen molar-refractivity contribution in [2.45, 2.75) is 24.9 Å². The first kappa shape index (κ1) is 21.0. The molecular weight excluding hydrogens is 354 g/mol. The van der Waals surface area contributed by atoms with Crippen LogP contribution in [-0.2, 0) is 10.0 Å². The zero-order valence-electron chi connectivity index (χ0n) is 14.5. The van der Waals surface area contributed by atoms with Crippen LogP contribution in [0, 0.1) is 12.8 Å². The molecule has 7 nitrogen and oxygen atoms in total. The normalized spacial score (nSPS) is 16.3. The number of nitrogens with zero attached hydrogens (tertiary/aromatic N) is 2. The van der Waals surface area contributed by atoms with Crippen molar-refractivity contribution in [2.75, 3.05) is 40.8 Å². The van der Waals surface area contributed by atoms with E-state index in [2.05, 4.69) is 5.32 Å². The van der Waals surface area contributed by atoms with Gasteiger partial charge in [-0.1, -0.05) is 0 Å². The Hall–Kier alpha value is -1.09.